The van der Waals surface area contributed by atoms with Gasteiger partial charge < -0.3 is 10.1 Å². The van der Waals surface area contributed by atoms with Crippen LogP contribution in [0, 0.1) is 0 Å². The van der Waals surface area contributed by atoms with Crippen molar-refractivity contribution < 1.29 is 9.53 Å². The molecule has 2 rings (SSSR count). The Morgan fingerprint density at radius 1 is 1.08 bits per heavy atom. The van der Waals surface area contributed by atoms with Crippen molar-refractivity contribution in [3.63, 3.8) is 0 Å². The molecule has 0 aromatic heterocycles. The van der Waals surface area contributed by atoms with Crippen LogP contribution in [0.1, 0.15) is 0 Å². The summed E-state index contributed by atoms with van der Waals surface area (Å²) in [5.74, 6) is 1.09. The highest BCUT2D eigenvalue weighted by atomic mass is 35.5. The van der Waals surface area contributed by atoms with Gasteiger partial charge in [-0.05, 0) is 48.6 Å². The van der Waals surface area contributed by atoms with Gasteiger partial charge in [-0.15, -0.1) is 11.8 Å². The summed E-state index contributed by atoms with van der Waals surface area (Å²) in [7, 11) is 0. The Morgan fingerprint density at radius 2 is 1.80 bits per heavy atom. The molecule has 0 aliphatic heterocycles. The van der Waals surface area contributed by atoms with Gasteiger partial charge in [0.2, 0.25) is 0 Å². The first kappa shape index (κ1) is 19.4. The number of benzene rings is 2. The van der Waals surface area contributed by atoms with E-state index in [0.717, 1.165) is 5.75 Å². The van der Waals surface area contributed by atoms with Crippen LogP contribution in [-0.2, 0) is 4.79 Å². The molecular weight excluding hydrogens is 378 g/mol. The van der Waals surface area contributed by atoms with Crippen molar-refractivity contribution in [3.05, 3.63) is 59.6 Å². The molecule has 0 fully saturated rings. The standard InChI is InChI=1S/C17H18ClN3O2S2/c18-13-6-8-14(9-7-13)23-12-16(22)20-21-17(24)19-10-11-25-15-4-2-1-3-5-15/h1-9H,10-12H2,(H,20,22)(H2,19,21,24). The summed E-state index contributed by atoms with van der Waals surface area (Å²) in [6, 6.07) is 16.9. The molecule has 5 nitrogen and oxygen atoms in total. The lowest BCUT2D eigenvalue weighted by atomic mass is 10.3. The van der Waals surface area contributed by atoms with E-state index < -0.39 is 0 Å². The fraction of sp³-hybridized carbons (Fsp3) is 0.176. The van der Waals surface area contributed by atoms with Crippen molar-refractivity contribution in [1.82, 2.24) is 16.2 Å². The molecule has 1 amide bonds. The van der Waals surface area contributed by atoms with E-state index in [-0.39, 0.29) is 12.5 Å². The average Bonchev–Trinajstić information content (AvgIpc) is 2.64. The maximum Gasteiger partial charge on any atom is 0.276 e. The van der Waals surface area contributed by atoms with E-state index in [4.69, 9.17) is 28.6 Å². The summed E-state index contributed by atoms with van der Waals surface area (Å²) in [4.78, 5) is 12.9. The first-order chi connectivity index (χ1) is 12.1. The van der Waals surface area contributed by atoms with E-state index >= 15 is 0 Å². The van der Waals surface area contributed by atoms with Gasteiger partial charge in [-0.2, -0.15) is 0 Å². The first-order valence-electron chi connectivity index (χ1n) is 7.52. The van der Waals surface area contributed by atoms with Crippen LogP contribution in [0.5, 0.6) is 5.75 Å². The van der Waals surface area contributed by atoms with Crippen LogP contribution in [0.4, 0.5) is 0 Å². The van der Waals surface area contributed by atoms with Crippen LogP contribution in [0.2, 0.25) is 5.02 Å². The van der Waals surface area contributed by atoms with Crippen LogP contribution in [-0.4, -0.2) is 29.9 Å². The Morgan fingerprint density at radius 3 is 2.52 bits per heavy atom. The molecular formula is C17H18ClN3O2S2. The van der Waals surface area contributed by atoms with E-state index in [2.05, 4.69) is 28.3 Å². The minimum atomic E-state index is -0.335. The van der Waals surface area contributed by atoms with E-state index in [1.54, 1.807) is 36.0 Å². The summed E-state index contributed by atoms with van der Waals surface area (Å²) >= 11 is 12.6. The molecule has 0 unspecified atom stereocenters. The highest BCUT2D eigenvalue weighted by molar-refractivity contribution is 7.99. The lowest BCUT2D eigenvalue weighted by Crippen LogP contribution is -2.48. The third-order valence-corrected chi connectivity index (χ3v) is 4.41. The van der Waals surface area contributed by atoms with E-state index in [9.17, 15) is 4.79 Å². The van der Waals surface area contributed by atoms with E-state index in [1.807, 2.05) is 18.2 Å². The van der Waals surface area contributed by atoms with Gasteiger partial charge in [0.25, 0.3) is 5.91 Å². The molecule has 0 spiro atoms. The Bertz CT molecular complexity index is 684. The topological polar surface area (TPSA) is 62.4 Å². The molecule has 0 aliphatic carbocycles. The minimum Gasteiger partial charge on any atom is -0.484 e. The number of thioether (sulfide) groups is 1. The molecule has 0 heterocycles. The molecule has 0 radical (unpaired) electrons. The summed E-state index contributed by atoms with van der Waals surface area (Å²) in [6.07, 6.45) is 0. The molecule has 2 aromatic carbocycles. The van der Waals surface area contributed by atoms with Crippen LogP contribution >= 0.6 is 35.6 Å². The molecule has 0 atom stereocenters. The zero-order chi connectivity index (χ0) is 17.9. The number of halogens is 1. The second kappa shape index (κ2) is 10.8. The molecule has 0 aliphatic rings. The molecule has 8 heteroatoms. The second-order valence-electron chi connectivity index (χ2n) is 4.83. The van der Waals surface area contributed by atoms with E-state index in [1.165, 1.54) is 4.90 Å². The van der Waals surface area contributed by atoms with Gasteiger partial charge in [0.1, 0.15) is 5.75 Å². The molecule has 132 valence electrons. The molecule has 25 heavy (non-hydrogen) atoms. The predicted molar refractivity (Wildman–Crippen MR) is 106 cm³/mol. The predicted octanol–water partition coefficient (Wildman–Crippen LogP) is 3.01. The van der Waals surface area contributed by atoms with Gasteiger partial charge in [0, 0.05) is 22.2 Å². The average molecular weight is 396 g/mol. The first-order valence-corrected chi connectivity index (χ1v) is 9.29. The maximum atomic E-state index is 11.7. The van der Waals surface area contributed by atoms with Crippen molar-refractivity contribution in [1.29, 1.82) is 0 Å². The van der Waals surface area contributed by atoms with Crippen molar-refractivity contribution in [2.75, 3.05) is 18.9 Å². The van der Waals surface area contributed by atoms with Crippen LogP contribution < -0.4 is 20.9 Å². The summed E-state index contributed by atoms with van der Waals surface area (Å²) in [6.45, 7) is 0.559. The van der Waals surface area contributed by atoms with Crippen molar-refractivity contribution >= 4 is 46.6 Å². The maximum absolute atomic E-state index is 11.7. The van der Waals surface area contributed by atoms with Gasteiger partial charge in [0.15, 0.2) is 11.7 Å². The van der Waals surface area contributed by atoms with Crippen molar-refractivity contribution in [3.8, 4) is 5.75 Å². The summed E-state index contributed by atoms with van der Waals surface area (Å²) < 4.78 is 5.32. The van der Waals surface area contributed by atoms with E-state index in [0.29, 0.717) is 22.4 Å². The number of carbonyl (C=O) groups excluding carboxylic acids is 1. The quantitative estimate of drug-likeness (QED) is 0.290. The fourth-order valence-electron chi connectivity index (χ4n) is 1.74. The largest absolute Gasteiger partial charge is 0.484 e. The van der Waals surface area contributed by atoms with Crippen molar-refractivity contribution in [2.45, 2.75) is 4.90 Å². The van der Waals surface area contributed by atoms with Crippen LogP contribution in [0.15, 0.2) is 59.5 Å². The molecule has 2 aromatic rings. The Balaban J connectivity index is 1.54. The summed E-state index contributed by atoms with van der Waals surface area (Å²) in [5, 5.41) is 3.98. The van der Waals surface area contributed by atoms with Gasteiger partial charge in [-0.3, -0.25) is 15.6 Å². The summed E-state index contributed by atoms with van der Waals surface area (Å²) in [5.41, 5.74) is 5.11. The number of rotatable bonds is 7. The van der Waals surface area contributed by atoms with Gasteiger partial charge in [0.05, 0.1) is 0 Å². The zero-order valence-corrected chi connectivity index (χ0v) is 15.7. The number of hydrazine groups is 1. The zero-order valence-electron chi connectivity index (χ0n) is 13.3. The number of hydrogen-bond donors (Lipinski definition) is 3. The fourth-order valence-corrected chi connectivity index (χ4v) is 2.81. The smallest absolute Gasteiger partial charge is 0.276 e. The number of thiocarbonyl (C=S) groups is 1. The minimum absolute atomic E-state index is 0.124. The van der Waals surface area contributed by atoms with Gasteiger partial charge in [-0.1, -0.05) is 29.8 Å². The lowest BCUT2D eigenvalue weighted by Gasteiger charge is -2.12. The Kier molecular flexibility index (Phi) is 8.38. The van der Waals surface area contributed by atoms with Gasteiger partial charge in [-0.25, -0.2) is 0 Å². The second-order valence-corrected chi connectivity index (χ2v) is 6.85. The van der Waals surface area contributed by atoms with Crippen molar-refractivity contribution in [2.24, 2.45) is 0 Å². The molecule has 3 N–H and O–H groups in total. The normalized spacial score (nSPS) is 9.96. The third kappa shape index (κ3) is 8.11. The third-order valence-electron chi connectivity index (χ3n) is 2.90. The monoisotopic (exact) mass is 395 g/mol. The SMILES string of the molecule is O=C(COc1ccc(Cl)cc1)NNC(=S)NCCSc1ccccc1. The lowest BCUT2D eigenvalue weighted by molar-refractivity contribution is -0.123. The highest BCUT2D eigenvalue weighted by Gasteiger charge is 2.03. The van der Waals surface area contributed by atoms with Crippen LogP contribution in [0.3, 0.4) is 0 Å². The van der Waals surface area contributed by atoms with Gasteiger partial charge >= 0.3 is 0 Å². The number of ether oxygens (including phenoxy) is 1. The molecule has 0 saturated carbocycles. The Labute approximate surface area is 161 Å². The number of amides is 1. The Hall–Kier alpha value is -1.96. The highest BCUT2D eigenvalue weighted by Crippen LogP contribution is 2.16. The number of carbonyl (C=O) groups is 1. The number of nitrogens with one attached hydrogen (secondary N) is 3. The number of hydrogen-bond acceptors (Lipinski definition) is 4. The molecule has 0 saturated heterocycles. The van der Waals surface area contributed by atoms with Crippen LogP contribution in [0.25, 0.3) is 0 Å². The molecule has 0 bridgehead atoms.